The summed E-state index contributed by atoms with van der Waals surface area (Å²) in [6.45, 7) is 0.742. The third kappa shape index (κ3) is 4.30. The van der Waals surface area contributed by atoms with Gasteiger partial charge < -0.3 is 15.4 Å². The molecule has 4 heteroatoms. The molecule has 2 fully saturated rings. The largest absolute Gasteiger partial charge is 0.496 e. The molecule has 0 bridgehead atoms. The van der Waals surface area contributed by atoms with Gasteiger partial charge in [0.05, 0.1) is 7.11 Å². The summed E-state index contributed by atoms with van der Waals surface area (Å²) in [6.07, 6.45) is 3.83. The second kappa shape index (κ2) is 9.66. The number of rotatable bonds is 7. The Morgan fingerprint density at radius 2 is 1.66 bits per heavy atom. The van der Waals surface area contributed by atoms with Gasteiger partial charge in [-0.3, -0.25) is 0 Å². The number of fused-ring (bicyclic) bond motifs is 1. The maximum Gasteiger partial charge on any atom is 0.123 e. The molecule has 3 aromatic carbocycles. The van der Waals surface area contributed by atoms with Gasteiger partial charge in [0.1, 0.15) is 5.75 Å². The van der Waals surface area contributed by atoms with E-state index in [-0.39, 0.29) is 0 Å². The monoisotopic (exact) mass is 446 g/mol. The first-order valence-electron chi connectivity index (χ1n) is 11.7. The molecule has 5 rings (SSSR count). The van der Waals surface area contributed by atoms with Crippen molar-refractivity contribution >= 4 is 11.6 Å². The first-order valence-corrected chi connectivity index (χ1v) is 12.0. The minimum atomic E-state index is 0.293. The molecule has 0 radical (unpaired) electrons. The summed E-state index contributed by atoms with van der Waals surface area (Å²) < 4.78 is 5.60. The van der Waals surface area contributed by atoms with Crippen molar-refractivity contribution in [2.75, 3.05) is 7.11 Å². The van der Waals surface area contributed by atoms with Gasteiger partial charge in [0.15, 0.2) is 0 Å². The quantitative estimate of drug-likeness (QED) is 0.482. The highest BCUT2D eigenvalue weighted by Gasteiger charge is 2.48. The summed E-state index contributed by atoms with van der Waals surface area (Å²) in [4.78, 5) is 0. The van der Waals surface area contributed by atoms with Crippen LogP contribution in [-0.4, -0.2) is 25.2 Å². The molecular weight excluding hydrogens is 416 g/mol. The molecule has 3 nitrogen and oxygen atoms in total. The van der Waals surface area contributed by atoms with Crippen molar-refractivity contribution in [3.63, 3.8) is 0 Å². The predicted molar refractivity (Wildman–Crippen MR) is 131 cm³/mol. The number of benzene rings is 3. The van der Waals surface area contributed by atoms with E-state index in [9.17, 15) is 0 Å². The van der Waals surface area contributed by atoms with Crippen LogP contribution in [0.15, 0.2) is 78.9 Å². The molecule has 4 unspecified atom stereocenters. The summed E-state index contributed by atoms with van der Waals surface area (Å²) in [6, 6.07) is 29.0. The number of hydrogen-bond donors (Lipinski definition) is 2. The van der Waals surface area contributed by atoms with E-state index in [0.29, 0.717) is 30.0 Å². The van der Waals surface area contributed by atoms with Crippen LogP contribution in [0.5, 0.6) is 5.75 Å². The van der Waals surface area contributed by atoms with Crippen molar-refractivity contribution < 1.29 is 4.74 Å². The third-order valence-corrected chi connectivity index (χ3v) is 7.51. The molecule has 32 heavy (non-hydrogen) atoms. The van der Waals surface area contributed by atoms with Gasteiger partial charge in [-0.05, 0) is 48.1 Å². The fourth-order valence-electron chi connectivity index (χ4n) is 5.87. The summed E-state index contributed by atoms with van der Waals surface area (Å²) in [5, 5.41) is 8.74. The molecule has 4 atom stereocenters. The van der Waals surface area contributed by atoms with Gasteiger partial charge in [-0.1, -0.05) is 78.7 Å². The molecule has 2 aliphatic rings. The van der Waals surface area contributed by atoms with Crippen LogP contribution in [0.1, 0.15) is 41.9 Å². The molecular formula is C28H31ClN2O. The number of hydrogen-bond acceptors (Lipinski definition) is 3. The molecule has 1 saturated carbocycles. The Bertz CT molecular complexity index is 987. The van der Waals surface area contributed by atoms with Gasteiger partial charge in [0, 0.05) is 41.2 Å². The molecule has 1 heterocycles. The second-order valence-corrected chi connectivity index (χ2v) is 9.49. The Kier molecular flexibility index (Phi) is 6.49. The summed E-state index contributed by atoms with van der Waals surface area (Å²) in [5.74, 6) is 1.82. The fourth-order valence-corrected chi connectivity index (χ4v) is 6.06. The number of methoxy groups -OCH3 is 1. The zero-order chi connectivity index (χ0) is 21.9. The lowest BCUT2D eigenvalue weighted by Gasteiger charge is -2.32. The second-order valence-electron chi connectivity index (χ2n) is 9.06. The van der Waals surface area contributed by atoms with Crippen molar-refractivity contribution in [1.29, 1.82) is 0 Å². The third-order valence-electron chi connectivity index (χ3n) is 7.27. The minimum Gasteiger partial charge on any atom is -0.496 e. The Hall–Kier alpha value is -2.33. The standard InChI is InChI=1S/C28H31ClN2O/c1-32-25-16-15-22(29)17-21(25)18-30-27-23-13-8-14-24(23)31-28(27)26(19-9-4-2-5-10-19)20-11-6-3-7-12-20/h2-7,9-12,15-17,23-24,26-28,30-31H,8,13-14,18H2,1H3. The Morgan fingerprint density at radius 1 is 0.969 bits per heavy atom. The van der Waals surface area contributed by atoms with Crippen LogP contribution in [-0.2, 0) is 6.54 Å². The van der Waals surface area contributed by atoms with Gasteiger partial charge in [0.25, 0.3) is 0 Å². The fraction of sp³-hybridized carbons (Fsp3) is 0.357. The van der Waals surface area contributed by atoms with Crippen molar-refractivity contribution in [3.05, 3.63) is 101 Å². The molecule has 0 spiro atoms. The maximum absolute atomic E-state index is 6.30. The SMILES string of the molecule is COc1ccc(Cl)cc1CNC1C2CCCC2NC1C(c1ccccc1)c1ccccc1. The van der Waals surface area contributed by atoms with Gasteiger partial charge in [0.2, 0.25) is 0 Å². The summed E-state index contributed by atoms with van der Waals surface area (Å²) in [5.41, 5.74) is 3.84. The van der Waals surface area contributed by atoms with Crippen molar-refractivity contribution in [2.45, 2.75) is 49.9 Å². The average Bonchev–Trinajstić information content (AvgIpc) is 3.41. The molecule has 2 N–H and O–H groups in total. The van der Waals surface area contributed by atoms with Gasteiger partial charge >= 0.3 is 0 Å². The Labute approximate surface area is 196 Å². The smallest absolute Gasteiger partial charge is 0.123 e. The number of ether oxygens (including phenoxy) is 1. The van der Waals surface area contributed by atoms with E-state index >= 15 is 0 Å². The van der Waals surface area contributed by atoms with E-state index in [0.717, 1.165) is 22.9 Å². The molecule has 166 valence electrons. The van der Waals surface area contributed by atoms with Crippen LogP contribution in [0.4, 0.5) is 0 Å². The van der Waals surface area contributed by atoms with Gasteiger partial charge in [-0.25, -0.2) is 0 Å². The van der Waals surface area contributed by atoms with E-state index in [1.807, 2.05) is 18.2 Å². The van der Waals surface area contributed by atoms with Crippen LogP contribution in [0.3, 0.4) is 0 Å². The van der Waals surface area contributed by atoms with Crippen LogP contribution in [0.25, 0.3) is 0 Å². The number of nitrogens with one attached hydrogen (secondary N) is 2. The lowest BCUT2D eigenvalue weighted by atomic mass is 9.80. The molecule has 1 saturated heterocycles. The highest BCUT2D eigenvalue weighted by atomic mass is 35.5. The van der Waals surface area contributed by atoms with E-state index < -0.39 is 0 Å². The predicted octanol–water partition coefficient (Wildman–Crippen LogP) is 5.78. The zero-order valence-electron chi connectivity index (χ0n) is 18.5. The van der Waals surface area contributed by atoms with E-state index in [1.165, 1.54) is 30.4 Å². The van der Waals surface area contributed by atoms with Crippen LogP contribution in [0.2, 0.25) is 5.02 Å². The summed E-state index contributed by atoms with van der Waals surface area (Å²) in [7, 11) is 1.72. The normalized spacial score (nSPS) is 24.6. The van der Waals surface area contributed by atoms with E-state index in [2.05, 4.69) is 71.3 Å². The minimum absolute atomic E-state index is 0.293. The lowest BCUT2D eigenvalue weighted by molar-refractivity contribution is 0.348. The van der Waals surface area contributed by atoms with Crippen LogP contribution < -0.4 is 15.4 Å². The van der Waals surface area contributed by atoms with Gasteiger partial charge in [-0.2, -0.15) is 0 Å². The zero-order valence-corrected chi connectivity index (χ0v) is 19.3. The molecule has 1 aliphatic carbocycles. The van der Waals surface area contributed by atoms with Crippen molar-refractivity contribution in [2.24, 2.45) is 5.92 Å². The lowest BCUT2D eigenvalue weighted by Crippen LogP contribution is -2.46. The van der Waals surface area contributed by atoms with E-state index in [4.69, 9.17) is 16.3 Å². The molecule has 1 aliphatic heterocycles. The first kappa shape index (κ1) is 21.5. The average molecular weight is 447 g/mol. The highest BCUT2D eigenvalue weighted by Crippen LogP contribution is 2.42. The molecule has 0 aromatic heterocycles. The summed E-state index contributed by atoms with van der Waals surface area (Å²) >= 11 is 6.30. The molecule has 0 amide bonds. The van der Waals surface area contributed by atoms with Crippen molar-refractivity contribution in [1.82, 2.24) is 10.6 Å². The highest BCUT2D eigenvalue weighted by molar-refractivity contribution is 6.30. The van der Waals surface area contributed by atoms with Gasteiger partial charge in [-0.15, -0.1) is 0 Å². The first-order chi connectivity index (χ1) is 15.7. The van der Waals surface area contributed by atoms with Crippen LogP contribution in [0, 0.1) is 5.92 Å². The Morgan fingerprint density at radius 3 is 2.31 bits per heavy atom. The van der Waals surface area contributed by atoms with Crippen LogP contribution >= 0.6 is 11.6 Å². The van der Waals surface area contributed by atoms with Crippen molar-refractivity contribution in [3.8, 4) is 5.75 Å². The maximum atomic E-state index is 6.30. The molecule has 3 aromatic rings. The number of halogens is 1. The van der Waals surface area contributed by atoms with E-state index in [1.54, 1.807) is 7.11 Å². The Balaban J connectivity index is 1.48. The topological polar surface area (TPSA) is 33.3 Å².